The van der Waals surface area contributed by atoms with Crippen molar-refractivity contribution in [1.82, 2.24) is 26.2 Å². The van der Waals surface area contributed by atoms with Crippen LogP contribution in [0.3, 0.4) is 0 Å². The number of hydrogen-bond acceptors (Lipinski definition) is 8. The van der Waals surface area contributed by atoms with E-state index in [0.717, 1.165) is 11.1 Å². The van der Waals surface area contributed by atoms with Crippen LogP contribution in [-0.4, -0.2) is 96.0 Å². The lowest BCUT2D eigenvalue weighted by Crippen LogP contribution is -2.60. The van der Waals surface area contributed by atoms with Crippen LogP contribution in [0.25, 0.3) is 0 Å². The Morgan fingerprint density at radius 2 is 1.41 bits per heavy atom. The van der Waals surface area contributed by atoms with Crippen molar-refractivity contribution < 1.29 is 29.1 Å². The van der Waals surface area contributed by atoms with Crippen molar-refractivity contribution in [2.75, 3.05) is 32.7 Å². The van der Waals surface area contributed by atoms with Crippen LogP contribution in [0.1, 0.15) is 76.3 Å². The fourth-order valence-electron chi connectivity index (χ4n) is 6.16. The van der Waals surface area contributed by atoms with Crippen LogP contribution in [0.4, 0.5) is 0 Å². The standard InChI is InChI=1S/C38H57N7O6/c1-26(2)22-31(34(47)43-30(16-10-11-19-39)36(49)45-20-17-38(40,18-21-45)37(50)51)44-35(48)32(23-28-12-6-4-7-13-28)42-33(46)25-41-24-27(3)29-14-8-5-9-15-29/h4-9,12-15,26-27,30-32,41H,10-11,16-25,39-40H2,1-3H3,(H,42,46)(H,43,47)(H,44,48)(H,50,51)/t27-,30+,31+,32+/m0/s1. The molecule has 0 saturated carbocycles. The number of carboxylic acids is 1. The Balaban J connectivity index is 1.71. The number of likely N-dealkylation sites (tertiary alicyclic amines) is 1. The molecule has 0 bridgehead atoms. The van der Waals surface area contributed by atoms with Gasteiger partial charge in [-0.3, -0.25) is 24.0 Å². The molecule has 0 radical (unpaired) electrons. The number of nitrogens with zero attached hydrogens (tertiary/aromatic N) is 1. The van der Waals surface area contributed by atoms with Crippen LogP contribution in [-0.2, 0) is 30.4 Å². The van der Waals surface area contributed by atoms with Crippen LogP contribution in [0.5, 0.6) is 0 Å². The van der Waals surface area contributed by atoms with Crippen molar-refractivity contribution in [2.45, 2.75) is 95.3 Å². The maximum Gasteiger partial charge on any atom is 0.323 e. The highest BCUT2D eigenvalue weighted by molar-refractivity contribution is 5.94. The van der Waals surface area contributed by atoms with Crippen LogP contribution < -0.4 is 32.7 Å². The number of rotatable bonds is 20. The first-order chi connectivity index (χ1) is 24.3. The molecule has 51 heavy (non-hydrogen) atoms. The van der Waals surface area contributed by atoms with E-state index in [-0.39, 0.29) is 62.5 Å². The topological polar surface area (TPSA) is 209 Å². The van der Waals surface area contributed by atoms with Crippen LogP contribution >= 0.6 is 0 Å². The van der Waals surface area contributed by atoms with E-state index in [1.54, 1.807) is 0 Å². The summed E-state index contributed by atoms with van der Waals surface area (Å²) < 4.78 is 0. The predicted octanol–water partition coefficient (Wildman–Crippen LogP) is 1.66. The van der Waals surface area contributed by atoms with Gasteiger partial charge >= 0.3 is 5.97 Å². The summed E-state index contributed by atoms with van der Waals surface area (Å²) in [6, 6.07) is 16.5. The lowest BCUT2D eigenvalue weighted by molar-refractivity contribution is -0.148. The Morgan fingerprint density at radius 3 is 2.00 bits per heavy atom. The number of amides is 4. The molecule has 13 nitrogen and oxygen atoms in total. The van der Waals surface area contributed by atoms with E-state index >= 15 is 0 Å². The number of nitrogens with one attached hydrogen (secondary N) is 4. The third-order valence-corrected chi connectivity index (χ3v) is 9.33. The molecule has 3 rings (SSSR count). The summed E-state index contributed by atoms with van der Waals surface area (Å²) in [5.41, 5.74) is 12.3. The number of unbranched alkanes of at least 4 members (excludes halogenated alkanes) is 1. The van der Waals surface area contributed by atoms with Crippen molar-refractivity contribution in [2.24, 2.45) is 17.4 Å². The number of benzene rings is 2. The zero-order valence-corrected chi connectivity index (χ0v) is 30.2. The van der Waals surface area contributed by atoms with Gasteiger partial charge in [0.2, 0.25) is 23.6 Å². The summed E-state index contributed by atoms with van der Waals surface area (Å²) in [6.07, 6.45) is 2.27. The Hall–Kier alpha value is -4.33. The van der Waals surface area contributed by atoms with Gasteiger partial charge in [-0.15, -0.1) is 0 Å². The van der Waals surface area contributed by atoms with Gasteiger partial charge in [-0.1, -0.05) is 81.4 Å². The molecule has 0 aliphatic carbocycles. The number of hydrogen-bond donors (Lipinski definition) is 7. The average Bonchev–Trinajstić information content (AvgIpc) is 3.11. The molecule has 4 atom stereocenters. The monoisotopic (exact) mass is 707 g/mol. The minimum atomic E-state index is -1.40. The molecule has 0 unspecified atom stereocenters. The highest BCUT2D eigenvalue weighted by Crippen LogP contribution is 2.21. The summed E-state index contributed by atoms with van der Waals surface area (Å²) in [4.78, 5) is 67.7. The molecule has 2 aromatic rings. The van der Waals surface area contributed by atoms with E-state index in [4.69, 9.17) is 11.5 Å². The van der Waals surface area contributed by atoms with Gasteiger partial charge < -0.3 is 42.7 Å². The molecule has 2 aromatic carbocycles. The molecule has 0 aromatic heterocycles. The van der Waals surface area contributed by atoms with Gasteiger partial charge in [0.1, 0.15) is 23.7 Å². The van der Waals surface area contributed by atoms with Crippen LogP contribution in [0, 0.1) is 5.92 Å². The second kappa shape index (κ2) is 20.5. The predicted molar refractivity (Wildman–Crippen MR) is 196 cm³/mol. The van der Waals surface area contributed by atoms with Crippen molar-refractivity contribution >= 4 is 29.6 Å². The molecule has 1 aliphatic rings. The SMILES string of the molecule is CC(C)C[C@@H](NC(=O)[C@@H](Cc1ccccc1)NC(=O)CNC[C@H](C)c1ccccc1)C(=O)N[C@H](CCCCN)C(=O)N1CCC(N)(C(=O)O)CC1. The maximum absolute atomic E-state index is 13.9. The van der Waals surface area contributed by atoms with E-state index in [9.17, 15) is 29.1 Å². The van der Waals surface area contributed by atoms with Gasteiger partial charge in [-0.2, -0.15) is 0 Å². The number of carboxylic acid groups (broad SMARTS) is 1. The summed E-state index contributed by atoms with van der Waals surface area (Å²) in [6.45, 7) is 7.22. The lowest BCUT2D eigenvalue weighted by Gasteiger charge is -2.38. The quantitative estimate of drug-likeness (QED) is 0.0997. The van der Waals surface area contributed by atoms with E-state index in [2.05, 4.69) is 28.2 Å². The highest BCUT2D eigenvalue weighted by atomic mass is 16.4. The molecule has 1 aliphatic heterocycles. The molecular formula is C38H57N7O6. The number of carbonyl (C=O) groups excluding carboxylic acids is 4. The molecule has 1 fully saturated rings. The van der Waals surface area contributed by atoms with Gasteiger partial charge in [0.15, 0.2) is 0 Å². The summed E-state index contributed by atoms with van der Waals surface area (Å²) in [5, 5.41) is 21.3. The highest BCUT2D eigenvalue weighted by Gasteiger charge is 2.40. The van der Waals surface area contributed by atoms with Gasteiger partial charge in [-0.05, 0) is 68.0 Å². The first kappa shape index (κ1) is 41.1. The fraction of sp³-hybridized carbons (Fsp3) is 0.553. The van der Waals surface area contributed by atoms with Crippen molar-refractivity contribution in [1.29, 1.82) is 0 Å². The summed E-state index contributed by atoms with van der Waals surface area (Å²) >= 11 is 0. The zero-order chi connectivity index (χ0) is 37.4. The molecule has 13 heteroatoms. The lowest BCUT2D eigenvalue weighted by atomic mass is 9.88. The zero-order valence-electron chi connectivity index (χ0n) is 30.2. The number of carbonyl (C=O) groups is 5. The summed E-state index contributed by atoms with van der Waals surface area (Å²) in [5.74, 6) is -2.62. The van der Waals surface area contributed by atoms with Crippen molar-refractivity contribution in [3.63, 3.8) is 0 Å². The molecule has 280 valence electrons. The van der Waals surface area contributed by atoms with E-state index < -0.39 is 41.4 Å². The van der Waals surface area contributed by atoms with E-state index in [1.807, 2.05) is 74.5 Å². The summed E-state index contributed by atoms with van der Waals surface area (Å²) in [7, 11) is 0. The van der Waals surface area contributed by atoms with Crippen molar-refractivity contribution in [3.8, 4) is 0 Å². The molecule has 9 N–H and O–H groups in total. The Kier molecular flexibility index (Phi) is 16.5. The van der Waals surface area contributed by atoms with Crippen molar-refractivity contribution in [3.05, 3.63) is 71.8 Å². The number of nitrogens with two attached hydrogens (primary N) is 2. The third-order valence-electron chi connectivity index (χ3n) is 9.33. The molecule has 4 amide bonds. The molecular weight excluding hydrogens is 650 g/mol. The Morgan fingerprint density at radius 1 is 0.824 bits per heavy atom. The number of aliphatic carboxylic acids is 1. The fourth-order valence-corrected chi connectivity index (χ4v) is 6.16. The van der Waals surface area contributed by atoms with Gasteiger partial charge in [0.25, 0.3) is 0 Å². The van der Waals surface area contributed by atoms with Gasteiger partial charge in [0, 0.05) is 26.1 Å². The second-order valence-electron chi connectivity index (χ2n) is 14.1. The Labute approximate surface area is 301 Å². The minimum absolute atomic E-state index is 0.00643. The molecule has 1 heterocycles. The molecule has 0 spiro atoms. The average molecular weight is 708 g/mol. The first-order valence-corrected chi connectivity index (χ1v) is 18.0. The normalized spacial score (nSPS) is 16.4. The first-order valence-electron chi connectivity index (χ1n) is 18.0. The largest absolute Gasteiger partial charge is 0.480 e. The second-order valence-corrected chi connectivity index (χ2v) is 14.1. The van der Waals surface area contributed by atoms with E-state index in [1.165, 1.54) is 4.90 Å². The van der Waals surface area contributed by atoms with Gasteiger partial charge in [0.05, 0.1) is 6.54 Å². The Bertz CT molecular complexity index is 1420. The number of piperidine rings is 1. The molecule has 1 saturated heterocycles. The third kappa shape index (κ3) is 13.4. The minimum Gasteiger partial charge on any atom is -0.480 e. The van der Waals surface area contributed by atoms with Crippen LogP contribution in [0.15, 0.2) is 60.7 Å². The van der Waals surface area contributed by atoms with Crippen LogP contribution in [0.2, 0.25) is 0 Å². The van der Waals surface area contributed by atoms with E-state index in [0.29, 0.717) is 38.8 Å². The maximum atomic E-state index is 13.9. The van der Waals surface area contributed by atoms with Gasteiger partial charge in [-0.25, -0.2) is 0 Å². The smallest absolute Gasteiger partial charge is 0.323 e.